The highest BCUT2D eigenvalue weighted by molar-refractivity contribution is 7.92. The molecule has 1 aromatic carbocycles. The van der Waals surface area contributed by atoms with Gasteiger partial charge in [-0.25, -0.2) is 8.42 Å². The van der Waals surface area contributed by atoms with E-state index in [1.165, 1.54) is 19.3 Å². The average molecular weight is 352 g/mol. The van der Waals surface area contributed by atoms with Gasteiger partial charge in [-0.1, -0.05) is 31.4 Å². The molecule has 0 aromatic heterocycles. The number of benzene rings is 1. The molecule has 0 radical (unpaired) electrons. The van der Waals surface area contributed by atoms with Crippen LogP contribution in [0.1, 0.15) is 64.4 Å². The van der Waals surface area contributed by atoms with E-state index in [1.54, 1.807) is 38.1 Å². The Balaban J connectivity index is 1.92. The van der Waals surface area contributed by atoms with Crippen LogP contribution in [0.2, 0.25) is 0 Å². The molecule has 5 heteroatoms. The normalized spacial score (nSPS) is 17.3. The minimum atomic E-state index is -3.27. The fraction of sp³-hybridized carbons (Fsp3) is 0.632. The average Bonchev–Trinajstić information content (AvgIpc) is 2.50. The summed E-state index contributed by atoms with van der Waals surface area (Å²) in [5.74, 6) is -0.222. The first-order valence-corrected chi connectivity index (χ1v) is 10.5. The quantitative estimate of drug-likeness (QED) is 0.750. The molecule has 0 spiro atoms. The summed E-state index contributed by atoms with van der Waals surface area (Å²) < 4.78 is 29.8. The van der Waals surface area contributed by atoms with Gasteiger partial charge in [0, 0.05) is 0 Å². The van der Waals surface area contributed by atoms with Crippen LogP contribution in [0.25, 0.3) is 0 Å². The van der Waals surface area contributed by atoms with Crippen LogP contribution < -0.4 is 0 Å². The Morgan fingerprint density at radius 1 is 1.04 bits per heavy atom. The van der Waals surface area contributed by atoms with Gasteiger partial charge < -0.3 is 4.74 Å². The van der Waals surface area contributed by atoms with Crippen LogP contribution in [-0.4, -0.2) is 25.7 Å². The largest absolute Gasteiger partial charge is 0.462 e. The Morgan fingerprint density at radius 3 is 2.12 bits per heavy atom. The Morgan fingerprint density at radius 2 is 1.58 bits per heavy atom. The molecular weight excluding hydrogens is 324 g/mol. The summed E-state index contributed by atoms with van der Waals surface area (Å²) in [6, 6.07) is 6.56. The van der Waals surface area contributed by atoms with Gasteiger partial charge in [0.25, 0.3) is 0 Å². The predicted octanol–water partition coefficient (Wildman–Crippen LogP) is 4.07. The Hall–Kier alpha value is -1.36. The zero-order valence-corrected chi connectivity index (χ0v) is 15.5. The molecule has 0 atom stereocenters. The van der Waals surface area contributed by atoms with Crippen molar-refractivity contribution in [2.75, 3.05) is 0 Å². The van der Waals surface area contributed by atoms with Gasteiger partial charge in [-0.3, -0.25) is 4.79 Å². The predicted molar refractivity (Wildman–Crippen MR) is 94.7 cm³/mol. The van der Waals surface area contributed by atoms with E-state index < -0.39 is 15.1 Å². The summed E-state index contributed by atoms with van der Waals surface area (Å²) in [4.78, 5) is 12.4. The van der Waals surface area contributed by atoms with Crippen LogP contribution in [0.3, 0.4) is 0 Å². The summed E-state index contributed by atoms with van der Waals surface area (Å²) in [5.41, 5.74) is 0.786. The van der Waals surface area contributed by atoms with E-state index in [4.69, 9.17) is 4.74 Å². The molecule has 1 aliphatic carbocycles. The Labute approximate surface area is 145 Å². The maximum absolute atomic E-state index is 12.1. The van der Waals surface area contributed by atoms with Crippen molar-refractivity contribution in [1.82, 2.24) is 0 Å². The molecule has 1 fully saturated rings. The van der Waals surface area contributed by atoms with Gasteiger partial charge in [0.2, 0.25) is 0 Å². The minimum absolute atomic E-state index is 0.0402. The van der Waals surface area contributed by atoms with E-state index in [0.717, 1.165) is 31.2 Å². The number of ether oxygens (including phenoxy) is 1. The maximum atomic E-state index is 12.1. The first-order chi connectivity index (χ1) is 11.4. The summed E-state index contributed by atoms with van der Waals surface area (Å²) in [5, 5.41) is -0.451. The zero-order valence-electron chi connectivity index (χ0n) is 14.7. The van der Waals surface area contributed by atoms with Gasteiger partial charge in [-0.2, -0.15) is 0 Å². The summed E-state index contributed by atoms with van der Waals surface area (Å²) >= 11 is 0. The second-order valence-corrected chi connectivity index (χ2v) is 9.38. The molecule has 0 heterocycles. The molecule has 4 nitrogen and oxygen atoms in total. The van der Waals surface area contributed by atoms with Gasteiger partial charge in [-0.05, 0) is 57.2 Å². The summed E-state index contributed by atoms with van der Waals surface area (Å²) in [7, 11) is -3.27. The number of hydrogen-bond donors (Lipinski definition) is 0. The highest BCUT2D eigenvalue weighted by Crippen LogP contribution is 2.21. The van der Waals surface area contributed by atoms with Gasteiger partial charge in [0.1, 0.15) is 6.10 Å². The van der Waals surface area contributed by atoms with Crippen LogP contribution in [0.5, 0.6) is 0 Å². The third kappa shape index (κ3) is 5.33. The molecule has 1 aromatic rings. The third-order valence-electron chi connectivity index (χ3n) is 4.57. The van der Waals surface area contributed by atoms with Crippen molar-refractivity contribution in [2.45, 2.75) is 81.5 Å². The molecule has 0 aliphatic heterocycles. The minimum Gasteiger partial charge on any atom is -0.462 e. The van der Waals surface area contributed by atoms with E-state index >= 15 is 0 Å². The number of hydrogen-bond acceptors (Lipinski definition) is 4. The first-order valence-electron chi connectivity index (χ1n) is 8.92. The summed E-state index contributed by atoms with van der Waals surface area (Å²) in [6.07, 6.45) is 8.12. The number of carbonyl (C=O) groups excluding carboxylic acids is 1. The molecule has 2 rings (SSSR count). The number of rotatable bonds is 5. The van der Waals surface area contributed by atoms with Gasteiger partial charge in [-0.15, -0.1) is 0 Å². The molecule has 24 heavy (non-hydrogen) atoms. The van der Waals surface area contributed by atoms with Crippen LogP contribution in [0.4, 0.5) is 0 Å². The van der Waals surface area contributed by atoms with Gasteiger partial charge in [0.15, 0.2) is 9.84 Å². The van der Waals surface area contributed by atoms with E-state index in [-0.39, 0.29) is 18.5 Å². The standard InChI is InChI=1S/C19H28O4S/c1-15(2)24(21,22)18-12-10-16(11-13-18)14-19(20)23-17-8-6-4-3-5-7-9-17/h10-13,15,17H,3-9,14H2,1-2H3. The van der Waals surface area contributed by atoms with E-state index in [2.05, 4.69) is 0 Å². The molecule has 0 bridgehead atoms. The molecule has 1 aliphatic rings. The highest BCUT2D eigenvalue weighted by Gasteiger charge is 2.20. The topological polar surface area (TPSA) is 60.4 Å². The van der Waals surface area contributed by atoms with Crippen molar-refractivity contribution >= 4 is 15.8 Å². The number of carbonyl (C=O) groups is 1. The van der Waals surface area contributed by atoms with E-state index in [0.29, 0.717) is 4.90 Å². The van der Waals surface area contributed by atoms with Crippen molar-refractivity contribution in [2.24, 2.45) is 0 Å². The maximum Gasteiger partial charge on any atom is 0.310 e. The van der Waals surface area contributed by atoms with Crippen molar-refractivity contribution in [3.05, 3.63) is 29.8 Å². The van der Waals surface area contributed by atoms with Crippen molar-refractivity contribution in [3.8, 4) is 0 Å². The lowest BCUT2D eigenvalue weighted by Gasteiger charge is -2.20. The van der Waals surface area contributed by atoms with Crippen LogP contribution in [0.15, 0.2) is 29.2 Å². The Kier molecular flexibility index (Phi) is 6.84. The van der Waals surface area contributed by atoms with Gasteiger partial charge in [0.05, 0.1) is 16.6 Å². The van der Waals surface area contributed by atoms with Gasteiger partial charge >= 0.3 is 5.97 Å². The Bertz CT molecular complexity index is 624. The number of sulfone groups is 1. The molecule has 0 saturated heterocycles. The smallest absolute Gasteiger partial charge is 0.310 e. The third-order valence-corrected chi connectivity index (χ3v) is 6.74. The lowest BCUT2D eigenvalue weighted by atomic mass is 9.98. The van der Waals surface area contributed by atoms with Crippen molar-refractivity contribution in [1.29, 1.82) is 0 Å². The molecule has 0 unspecified atom stereocenters. The second-order valence-electron chi connectivity index (χ2n) is 6.87. The van der Waals surface area contributed by atoms with Crippen LogP contribution in [0, 0.1) is 0 Å². The number of esters is 1. The van der Waals surface area contributed by atoms with Crippen LogP contribution >= 0.6 is 0 Å². The zero-order chi connectivity index (χ0) is 17.6. The van der Waals surface area contributed by atoms with E-state index in [9.17, 15) is 13.2 Å². The fourth-order valence-electron chi connectivity index (χ4n) is 3.00. The first kappa shape index (κ1) is 19.0. The van der Waals surface area contributed by atoms with Crippen LogP contribution in [-0.2, 0) is 25.8 Å². The second kappa shape index (κ2) is 8.65. The fourth-order valence-corrected chi connectivity index (χ4v) is 4.06. The van der Waals surface area contributed by atoms with E-state index in [1.807, 2.05) is 0 Å². The van der Waals surface area contributed by atoms with Crippen molar-refractivity contribution < 1.29 is 17.9 Å². The monoisotopic (exact) mass is 352 g/mol. The van der Waals surface area contributed by atoms with Crippen molar-refractivity contribution in [3.63, 3.8) is 0 Å². The summed E-state index contributed by atoms with van der Waals surface area (Å²) in [6.45, 7) is 3.32. The molecule has 1 saturated carbocycles. The lowest BCUT2D eigenvalue weighted by molar-refractivity contribution is -0.149. The highest BCUT2D eigenvalue weighted by atomic mass is 32.2. The molecule has 0 amide bonds. The molecule has 0 N–H and O–H groups in total. The lowest BCUT2D eigenvalue weighted by Crippen LogP contribution is -2.20. The SMILES string of the molecule is CC(C)S(=O)(=O)c1ccc(CC(=O)OC2CCCCCCC2)cc1. The molecular formula is C19H28O4S. The molecule has 134 valence electrons.